The van der Waals surface area contributed by atoms with Crippen molar-refractivity contribution < 1.29 is 0 Å². The number of nitrogens with one attached hydrogen (secondary N) is 1. The molecular formula is C15H23N5. The van der Waals surface area contributed by atoms with Crippen LogP contribution in [0, 0.1) is 6.92 Å². The number of hydrogen-bond donors (Lipinski definition) is 2. The van der Waals surface area contributed by atoms with Crippen LogP contribution in [0.3, 0.4) is 0 Å². The number of rotatable bonds is 6. The number of nitrogens with zero attached hydrogens (tertiary/aromatic N) is 3. The number of hydrazine groups is 1. The number of aryl methyl sites for hydroxylation is 3. The number of nitrogens with two attached hydrogens (primary N) is 1. The Morgan fingerprint density at radius 2 is 2.20 bits per heavy atom. The molecule has 0 spiro atoms. The second kappa shape index (κ2) is 6.63. The average molecular weight is 273 g/mol. The molecule has 0 aliphatic carbocycles. The van der Waals surface area contributed by atoms with Gasteiger partial charge in [0.15, 0.2) is 0 Å². The van der Waals surface area contributed by atoms with Gasteiger partial charge in [0, 0.05) is 31.1 Å². The monoisotopic (exact) mass is 273 g/mol. The third-order valence-electron chi connectivity index (χ3n) is 3.63. The lowest BCUT2D eigenvalue weighted by Crippen LogP contribution is -2.30. The molecule has 0 amide bonds. The van der Waals surface area contributed by atoms with Gasteiger partial charge in [-0.25, -0.2) is 0 Å². The van der Waals surface area contributed by atoms with Gasteiger partial charge >= 0.3 is 0 Å². The SMILES string of the molecule is CCc1cc(CC(NN)c2ccncc2C)n(CC)n1. The smallest absolute Gasteiger partial charge is 0.0624 e. The molecule has 0 fully saturated rings. The van der Waals surface area contributed by atoms with Crippen LogP contribution in [0.5, 0.6) is 0 Å². The van der Waals surface area contributed by atoms with Gasteiger partial charge in [-0.15, -0.1) is 0 Å². The Balaban J connectivity index is 2.26. The van der Waals surface area contributed by atoms with Crippen LogP contribution >= 0.6 is 0 Å². The van der Waals surface area contributed by atoms with Crippen LogP contribution < -0.4 is 11.3 Å². The van der Waals surface area contributed by atoms with Gasteiger partial charge < -0.3 is 0 Å². The molecule has 0 aliphatic heterocycles. The molecule has 1 atom stereocenters. The molecule has 2 aromatic heterocycles. The highest BCUT2D eigenvalue weighted by Gasteiger charge is 2.16. The predicted molar refractivity (Wildman–Crippen MR) is 80.0 cm³/mol. The first-order chi connectivity index (χ1) is 9.69. The van der Waals surface area contributed by atoms with E-state index in [1.165, 1.54) is 11.3 Å². The fraction of sp³-hybridized carbons (Fsp3) is 0.467. The molecule has 5 heteroatoms. The van der Waals surface area contributed by atoms with Gasteiger partial charge in [0.25, 0.3) is 0 Å². The minimum atomic E-state index is 0.0738. The minimum absolute atomic E-state index is 0.0738. The number of hydrogen-bond acceptors (Lipinski definition) is 4. The van der Waals surface area contributed by atoms with Gasteiger partial charge in [-0.1, -0.05) is 6.92 Å². The van der Waals surface area contributed by atoms with Gasteiger partial charge in [-0.05, 0) is 43.5 Å². The lowest BCUT2D eigenvalue weighted by atomic mass is 9.99. The molecule has 0 aliphatic rings. The molecule has 0 bridgehead atoms. The largest absolute Gasteiger partial charge is 0.271 e. The van der Waals surface area contributed by atoms with Crippen molar-refractivity contribution in [1.82, 2.24) is 20.2 Å². The maximum Gasteiger partial charge on any atom is 0.0624 e. The summed E-state index contributed by atoms with van der Waals surface area (Å²) in [4.78, 5) is 4.13. The van der Waals surface area contributed by atoms with Crippen LogP contribution in [0.15, 0.2) is 24.5 Å². The normalized spacial score (nSPS) is 12.6. The van der Waals surface area contributed by atoms with Gasteiger partial charge in [0.1, 0.15) is 0 Å². The molecule has 5 nitrogen and oxygen atoms in total. The van der Waals surface area contributed by atoms with Gasteiger partial charge in [0.05, 0.1) is 11.7 Å². The highest BCUT2D eigenvalue weighted by molar-refractivity contribution is 5.27. The van der Waals surface area contributed by atoms with Gasteiger partial charge in [-0.2, -0.15) is 5.10 Å². The molecule has 108 valence electrons. The molecule has 0 saturated carbocycles. The third-order valence-corrected chi connectivity index (χ3v) is 3.63. The summed E-state index contributed by atoms with van der Waals surface area (Å²) >= 11 is 0. The Hall–Kier alpha value is -1.72. The summed E-state index contributed by atoms with van der Waals surface area (Å²) in [5, 5.41) is 4.59. The minimum Gasteiger partial charge on any atom is -0.271 e. The molecule has 3 N–H and O–H groups in total. The topological polar surface area (TPSA) is 68.8 Å². The van der Waals surface area contributed by atoms with Crippen molar-refractivity contribution in [3.8, 4) is 0 Å². The van der Waals surface area contributed by atoms with Crippen molar-refractivity contribution >= 4 is 0 Å². The van der Waals surface area contributed by atoms with Gasteiger partial charge in [-0.3, -0.25) is 20.9 Å². The van der Waals surface area contributed by atoms with Crippen LogP contribution in [-0.2, 0) is 19.4 Å². The summed E-state index contributed by atoms with van der Waals surface area (Å²) in [5.41, 5.74) is 7.59. The number of pyridine rings is 1. The Kier molecular flexibility index (Phi) is 4.87. The van der Waals surface area contributed by atoms with Crippen LogP contribution in [0.25, 0.3) is 0 Å². The van der Waals surface area contributed by atoms with Crippen LogP contribution in [0.4, 0.5) is 0 Å². The zero-order valence-electron chi connectivity index (χ0n) is 12.4. The molecule has 20 heavy (non-hydrogen) atoms. The molecular weight excluding hydrogens is 250 g/mol. The molecule has 0 radical (unpaired) electrons. The van der Waals surface area contributed by atoms with Crippen molar-refractivity contribution in [3.63, 3.8) is 0 Å². The van der Waals surface area contributed by atoms with E-state index in [9.17, 15) is 0 Å². The van der Waals surface area contributed by atoms with E-state index in [0.29, 0.717) is 0 Å². The maximum absolute atomic E-state index is 5.75. The van der Waals surface area contributed by atoms with E-state index in [1.54, 1.807) is 6.20 Å². The Bertz CT molecular complexity index is 561. The maximum atomic E-state index is 5.75. The van der Waals surface area contributed by atoms with Crippen molar-refractivity contribution in [1.29, 1.82) is 0 Å². The van der Waals surface area contributed by atoms with Crippen LogP contribution in [-0.4, -0.2) is 14.8 Å². The van der Waals surface area contributed by atoms with Crippen LogP contribution in [0.2, 0.25) is 0 Å². The number of aromatic nitrogens is 3. The highest BCUT2D eigenvalue weighted by Crippen LogP contribution is 2.21. The summed E-state index contributed by atoms with van der Waals surface area (Å²) in [6, 6.07) is 4.27. The third kappa shape index (κ3) is 3.05. The molecule has 1 unspecified atom stereocenters. The molecule has 0 aromatic carbocycles. The summed E-state index contributed by atoms with van der Waals surface area (Å²) in [6.45, 7) is 7.17. The lowest BCUT2D eigenvalue weighted by molar-refractivity contribution is 0.514. The first kappa shape index (κ1) is 14.7. The second-order valence-electron chi connectivity index (χ2n) is 4.95. The van der Waals surface area contributed by atoms with Crippen molar-refractivity contribution in [3.05, 3.63) is 47.0 Å². The molecule has 0 saturated heterocycles. The lowest BCUT2D eigenvalue weighted by Gasteiger charge is -2.18. The fourth-order valence-corrected chi connectivity index (χ4v) is 2.47. The van der Waals surface area contributed by atoms with Crippen molar-refractivity contribution in [2.45, 2.75) is 46.2 Å². The van der Waals surface area contributed by atoms with E-state index in [-0.39, 0.29) is 6.04 Å². The first-order valence-electron chi connectivity index (χ1n) is 7.11. The summed E-state index contributed by atoms with van der Waals surface area (Å²) in [6.07, 6.45) is 5.45. The van der Waals surface area contributed by atoms with Crippen molar-refractivity contribution in [2.75, 3.05) is 0 Å². The predicted octanol–water partition coefficient (Wildman–Crippen LogP) is 1.92. The van der Waals surface area contributed by atoms with E-state index in [4.69, 9.17) is 5.84 Å². The molecule has 2 heterocycles. The Labute approximate surface area is 120 Å². The second-order valence-corrected chi connectivity index (χ2v) is 4.95. The Morgan fingerprint density at radius 1 is 1.40 bits per heavy atom. The van der Waals surface area contributed by atoms with Crippen molar-refractivity contribution in [2.24, 2.45) is 5.84 Å². The van der Waals surface area contributed by atoms with E-state index in [0.717, 1.165) is 30.6 Å². The van der Waals surface area contributed by atoms with E-state index < -0.39 is 0 Å². The summed E-state index contributed by atoms with van der Waals surface area (Å²) < 4.78 is 2.06. The first-order valence-corrected chi connectivity index (χ1v) is 7.11. The summed E-state index contributed by atoms with van der Waals surface area (Å²) in [5.74, 6) is 5.75. The standard InChI is InChI=1S/C15H23N5/c1-4-12-8-13(20(5-2)19-12)9-15(18-16)14-6-7-17-10-11(14)3/h6-8,10,15,18H,4-5,9,16H2,1-3H3. The van der Waals surface area contributed by atoms with Gasteiger partial charge in [0.2, 0.25) is 0 Å². The molecule has 2 rings (SSSR count). The quantitative estimate of drug-likeness (QED) is 0.623. The average Bonchev–Trinajstić information content (AvgIpc) is 2.88. The van der Waals surface area contributed by atoms with E-state index in [2.05, 4.69) is 47.0 Å². The highest BCUT2D eigenvalue weighted by atomic mass is 15.3. The molecule has 2 aromatic rings. The zero-order chi connectivity index (χ0) is 14.5. The Morgan fingerprint density at radius 3 is 2.80 bits per heavy atom. The zero-order valence-corrected chi connectivity index (χ0v) is 12.4. The summed E-state index contributed by atoms with van der Waals surface area (Å²) in [7, 11) is 0. The van der Waals surface area contributed by atoms with Crippen LogP contribution in [0.1, 0.15) is 42.4 Å². The van der Waals surface area contributed by atoms with E-state index in [1.807, 2.05) is 12.3 Å². The fourth-order valence-electron chi connectivity index (χ4n) is 2.47. The van der Waals surface area contributed by atoms with E-state index >= 15 is 0 Å².